The van der Waals surface area contributed by atoms with Gasteiger partial charge in [-0.25, -0.2) is 0 Å². The molecular weight excluding hydrogens is 553 g/mol. The number of hydrogen-bond donors (Lipinski definition) is 1. The van der Waals surface area contributed by atoms with Crippen LogP contribution in [0.3, 0.4) is 0 Å². The summed E-state index contributed by atoms with van der Waals surface area (Å²) in [5.74, 6) is 0. The third-order valence-electron chi connectivity index (χ3n) is 9.74. The van der Waals surface area contributed by atoms with Gasteiger partial charge in [-0.15, -0.1) is 0 Å². The molecule has 40 heavy (non-hydrogen) atoms. The quantitative estimate of drug-likeness (QED) is 0.269. The Morgan fingerprint density at radius 3 is 1.45 bits per heavy atom. The monoisotopic (exact) mass is 612 g/mol. The molecule has 1 aliphatic heterocycles. The van der Waals surface area contributed by atoms with Crippen molar-refractivity contribution in [3.8, 4) is 0 Å². The second-order valence-corrected chi connectivity index (χ2v) is 30.3. The van der Waals surface area contributed by atoms with E-state index < -0.39 is 55.7 Å². The molecule has 1 aromatic rings. The van der Waals surface area contributed by atoms with Gasteiger partial charge < -0.3 is 27.9 Å². The first kappa shape index (κ1) is 35.8. The van der Waals surface area contributed by atoms with Crippen molar-refractivity contribution < 1.29 is 27.9 Å². The van der Waals surface area contributed by atoms with E-state index in [1.54, 1.807) is 0 Å². The van der Waals surface area contributed by atoms with E-state index in [4.69, 9.17) is 22.8 Å². The van der Waals surface area contributed by atoms with Gasteiger partial charge in [0.1, 0.15) is 24.4 Å². The normalized spacial score (nSPS) is 25.8. The molecule has 0 saturated carbocycles. The molecule has 6 nitrogen and oxygen atoms in total. The molecule has 9 heteroatoms. The molecule has 5 atom stereocenters. The van der Waals surface area contributed by atoms with Crippen molar-refractivity contribution in [1.82, 2.24) is 0 Å². The molecule has 0 bridgehead atoms. The Morgan fingerprint density at radius 1 is 0.650 bits per heavy atom. The van der Waals surface area contributed by atoms with Gasteiger partial charge in [-0.1, -0.05) is 92.6 Å². The average Bonchev–Trinajstić information content (AvgIpc) is 2.78. The first-order valence-electron chi connectivity index (χ1n) is 14.9. The van der Waals surface area contributed by atoms with Crippen molar-refractivity contribution >= 4 is 25.0 Å². The van der Waals surface area contributed by atoms with Crippen LogP contribution in [0.25, 0.3) is 0 Å². The van der Waals surface area contributed by atoms with Gasteiger partial charge in [0.05, 0.1) is 13.2 Å². The smallest absolute Gasteiger partial charge is 0.192 e. The fraction of sp³-hybridized carbons (Fsp3) is 0.806. The Balaban J connectivity index is 2.66. The van der Waals surface area contributed by atoms with E-state index in [1.807, 2.05) is 30.3 Å². The summed E-state index contributed by atoms with van der Waals surface area (Å²) in [6, 6.07) is 10.1. The van der Waals surface area contributed by atoms with Crippen LogP contribution >= 0.6 is 0 Å². The van der Waals surface area contributed by atoms with E-state index in [-0.39, 0.29) is 21.7 Å². The lowest BCUT2D eigenvalue weighted by Crippen LogP contribution is -2.68. The standard InChI is InChI=1S/C31H60O6Si3/c1-29(2,3)38(10,11)35-25-24(21-32)34-28(33-22-23-19-17-16-18-20-23)27(37-40(14,15)31(7,8)9)26(25)36-39(12,13)30(4,5)6/h16-20,24-28,32H,21-22H2,1-15H3/t24-,25+,26+,27-,28+/m1/s1. The fourth-order valence-electron chi connectivity index (χ4n) is 3.86. The van der Waals surface area contributed by atoms with Gasteiger partial charge in [-0.05, 0) is 60.0 Å². The van der Waals surface area contributed by atoms with Gasteiger partial charge in [0.25, 0.3) is 0 Å². The van der Waals surface area contributed by atoms with Crippen LogP contribution in [0.2, 0.25) is 54.4 Å². The van der Waals surface area contributed by atoms with Crippen LogP contribution in [0, 0.1) is 0 Å². The van der Waals surface area contributed by atoms with Crippen LogP contribution in [0.15, 0.2) is 30.3 Å². The number of aliphatic hydroxyl groups is 1. The number of benzene rings is 1. The van der Waals surface area contributed by atoms with Crippen LogP contribution in [0.4, 0.5) is 0 Å². The zero-order chi connectivity index (χ0) is 30.9. The maximum Gasteiger partial charge on any atom is 0.192 e. The molecule has 0 radical (unpaired) electrons. The van der Waals surface area contributed by atoms with E-state index in [0.29, 0.717) is 6.61 Å². The number of hydrogen-bond acceptors (Lipinski definition) is 6. The SMILES string of the molecule is CC(C)(C)[Si](C)(C)O[C@H]1[C@@H](O[Si](C)(C)C(C)(C)C)[C@@H](CO)O[C@H](OCc2ccccc2)[C@@H]1O[Si](C)(C)C(C)(C)C. The lowest BCUT2D eigenvalue weighted by atomic mass is 9.99. The Morgan fingerprint density at radius 2 is 1.05 bits per heavy atom. The molecular formula is C31H60O6Si3. The van der Waals surface area contributed by atoms with Gasteiger partial charge in [0.15, 0.2) is 31.2 Å². The predicted octanol–water partition coefficient (Wildman–Crippen LogP) is 8.09. The van der Waals surface area contributed by atoms with Gasteiger partial charge in [0.2, 0.25) is 0 Å². The molecule has 1 aromatic carbocycles. The van der Waals surface area contributed by atoms with Gasteiger partial charge >= 0.3 is 0 Å². The highest BCUT2D eigenvalue weighted by molar-refractivity contribution is 6.75. The Kier molecular flexibility index (Phi) is 11.4. The van der Waals surface area contributed by atoms with Crippen molar-refractivity contribution in [3.05, 3.63) is 35.9 Å². The van der Waals surface area contributed by atoms with Crippen LogP contribution in [0.5, 0.6) is 0 Å². The lowest BCUT2D eigenvalue weighted by Gasteiger charge is -2.54. The summed E-state index contributed by atoms with van der Waals surface area (Å²) < 4.78 is 34.6. The van der Waals surface area contributed by atoms with Crippen molar-refractivity contribution in [2.75, 3.05) is 6.61 Å². The third-order valence-corrected chi connectivity index (χ3v) is 23.2. The van der Waals surface area contributed by atoms with Gasteiger partial charge in [-0.2, -0.15) is 0 Å². The van der Waals surface area contributed by atoms with E-state index in [2.05, 4.69) is 102 Å². The molecule has 1 N–H and O–H groups in total. The molecule has 0 spiro atoms. The topological polar surface area (TPSA) is 66.4 Å². The summed E-state index contributed by atoms with van der Waals surface area (Å²) in [6.45, 7) is 33.9. The molecule has 1 aliphatic rings. The molecule has 0 unspecified atom stereocenters. The Bertz CT molecular complexity index is 931. The summed E-state index contributed by atoms with van der Waals surface area (Å²) in [5, 5.41) is 10.6. The summed E-state index contributed by atoms with van der Waals surface area (Å²) >= 11 is 0. The molecule has 1 fully saturated rings. The Labute approximate surface area is 248 Å². The molecule has 1 saturated heterocycles. The van der Waals surface area contributed by atoms with Gasteiger partial charge in [-0.3, -0.25) is 0 Å². The van der Waals surface area contributed by atoms with Crippen LogP contribution < -0.4 is 0 Å². The first-order valence-corrected chi connectivity index (χ1v) is 23.6. The highest BCUT2D eigenvalue weighted by Crippen LogP contribution is 2.46. The molecule has 0 amide bonds. The zero-order valence-corrected chi connectivity index (χ0v) is 31.2. The Hall–Kier alpha value is -0.369. The maximum atomic E-state index is 10.7. The van der Waals surface area contributed by atoms with E-state index >= 15 is 0 Å². The number of aliphatic hydroxyl groups excluding tert-OH is 1. The minimum Gasteiger partial charge on any atom is -0.408 e. The molecule has 232 valence electrons. The van der Waals surface area contributed by atoms with Crippen LogP contribution in [-0.2, 0) is 29.4 Å². The summed E-state index contributed by atoms with van der Waals surface area (Å²) in [5.41, 5.74) is 1.05. The number of rotatable bonds is 10. The third kappa shape index (κ3) is 8.60. The predicted molar refractivity (Wildman–Crippen MR) is 173 cm³/mol. The van der Waals surface area contributed by atoms with E-state index in [0.717, 1.165) is 5.56 Å². The fourth-order valence-corrected chi connectivity index (χ4v) is 7.77. The van der Waals surface area contributed by atoms with Crippen molar-refractivity contribution in [2.45, 2.75) is 154 Å². The largest absolute Gasteiger partial charge is 0.408 e. The lowest BCUT2D eigenvalue weighted by molar-refractivity contribution is -0.295. The highest BCUT2D eigenvalue weighted by atomic mass is 28.4. The van der Waals surface area contributed by atoms with Crippen LogP contribution in [0.1, 0.15) is 67.9 Å². The summed E-state index contributed by atoms with van der Waals surface area (Å²) in [4.78, 5) is 0. The van der Waals surface area contributed by atoms with E-state index in [9.17, 15) is 5.11 Å². The van der Waals surface area contributed by atoms with Crippen molar-refractivity contribution in [1.29, 1.82) is 0 Å². The zero-order valence-electron chi connectivity index (χ0n) is 28.2. The molecule has 1 heterocycles. The second-order valence-electron chi connectivity index (χ2n) is 16.1. The maximum absolute atomic E-state index is 10.7. The molecule has 0 aliphatic carbocycles. The molecule has 0 aromatic heterocycles. The van der Waals surface area contributed by atoms with Gasteiger partial charge in [0, 0.05) is 0 Å². The molecule has 2 rings (SSSR count). The summed E-state index contributed by atoms with van der Waals surface area (Å²) in [6.07, 6.45) is -2.73. The first-order chi connectivity index (χ1) is 17.9. The minimum atomic E-state index is -2.30. The van der Waals surface area contributed by atoms with Crippen LogP contribution in [-0.4, -0.2) is 67.4 Å². The number of ether oxygens (including phenoxy) is 2. The van der Waals surface area contributed by atoms with Crippen molar-refractivity contribution in [3.63, 3.8) is 0 Å². The van der Waals surface area contributed by atoms with Crippen molar-refractivity contribution in [2.24, 2.45) is 0 Å². The minimum absolute atomic E-state index is 0.0228. The summed E-state index contributed by atoms with van der Waals surface area (Å²) in [7, 11) is -6.87. The second kappa shape index (κ2) is 12.7. The highest BCUT2D eigenvalue weighted by Gasteiger charge is 2.56. The average molecular weight is 613 g/mol. The van der Waals surface area contributed by atoms with E-state index in [1.165, 1.54) is 0 Å².